The summed E-state index contributed by atoms with van der Waals surface area (Å²) in [5.74, 6) is -2.00. The predicted molar refractivity (Wildman–Crippen MR) is 304 cm³/mol. The van der Waals surface area contributed by atoms with Gasteiger partial charge in [0.2, 0.25) is 0 Å². The van der Waals surface area contributed by atoms with E-state index in [9.17, 15) is 19.5 Å². The minimum absolute atomic E-state index is 0.182. The molecule has 9 nitrogen and oxygen atoms in total. The number of carbonyl (C=O) groups is 3. The first-order valence-corrected chi connectivity index (χ1v) is 31.0. The number of ether oxygens (including phenoxy) is 4. The summed E-state index contributed by atoms with van der Waals surface area (Å²) >= 11 is 0. The molecule has 0 heterocycles. The van der Waals surface area contributed by atoms with Gasteiger partial charge in [-0.15, -0.1) is 0 Å². The number of carboxylic acid groups (broad SMARTS) is 1. The highest BCUT2D eigenvalue weighted by atomic mass is 16.7. The third kappa shape index (κ3) is 55.5. The van der Waals surface area contributed by atoms with Crippen molar-refractivity contribution in [2.24, 2.45) is 0 Å². The van der Waals surface area contributed by atoms with Crippen LogP contribution in [0.4, 0.5) is 0 Å². The number of unbranched alkanes of at least 4 members (excludes halogenated alkanes) is 39. The lowest BCUT2D eigenvalue weighted by molar-refractivity contribution is -0.870. The molecule has 0 aromatic carbocycles. The first kappa shape index (κ1) is 69.8. The van der Waals surface area contributed by atoms with E-state index in [4.69, 9.17) is 18.9 Å². The summed E-state index contributed by atoms with van der Waals surface area (Å²) in [7, 11) is 5.97. The lowest BCUT2D eigenvalue weighted by atomic mass is 10.0. The first-order chi connectivity index (χ1) is 35.1. The van der Waals surface area contributed by atoms with Crippen LogP contribution in [0.5, 0.6) is 0 Å². The molecule has 0 aliphatic heterocycles. The summed E-state index contributed by atoms with van der Waals surface area (Å²) in [5, 5.41) is 9.67. The number of carbonyl (C=O) groups excluding carboxylic acids is 2. The van der Waals surface area contributed by atoms with Gasteiger partial charge in [0.1, 0.15) is 13.2 Å². The van der Waals surface area contributed by atoms with E-state index in [0.29, 0.717) is 17.4 Å². The van der Waals surface area contributed by atoms with Crippen LogP contribution in [0.2, 0.25) is 0 Å². The molecule has 9 heteroatoms. The molecule has 0 fully saturated rings. The van der Waals surface area contributed by atoms with E-state index in [-0.39, 0.29) is 32.2 Å². The van der Waals surface area contributed by atoms with Crippen molar-refractivity contribution in [2.45, 2.75) is 315 Å². The van der Waals surface area contributed by atoms with Crippen LogP contribution in [0, 0.1) is 0 Å². The fourth-order valence-corrected chi connectivity index (χ4v) is 9.13. The van der Waals surface area contributed by atoms with E-state index in [2.05, 4.69) is 38.2 Å². The number of aliphatic carboxylic acids is 1. The minimum Gasteiger partial charge on any atom is -0.477 e. The van der Waals surface area contributed by atoms with Gasteiger partial charge < -0.3 is 28.5 Å². The summed E-state index contributed by atoms with van der Waals surface area (Å²) < 4.78 is 22.8. The van der Waals surface area contributed by atoms with Crippen LogP contribution < -0.4 is 0 Å². The second-order valence-electron chi connectivity index (χ2n) is 22.4. The van der Waals surface area contributed by atoms with E-state index in [1.165, 1.54) is 212 Å². The third-order valence-corrected chi connectivity index (χ3v) is 13.9. The Hall–Kier alpha value is -2.23. The van der Waals surface area contributed by atoms with Gasteiger partial charge in [-0.25, -0.2) is 4.79 Å². The molecule has 0 bridgehead atoms. The van der Waals surface area contributed by atoms with Crippen molar-refractivity contribution in [3.8, 4) is 0 Å². The Labute approximate surface area is 446 Å². The Kier molecular flexibility index (Phi) is 53.3. The number of nitrogens with zero attached hydrogens (tertiary/aromatic N) is 1. The first-order valence-electron chi connectivity index (χ1n) is 31.0. The van der Waals surface area contributed by atoms with E-state index in [1.807, 2.05) is 21.1 Å². The van der Waals surface area contributed by atoms with Crippen LogP contribution in [0.15, 0.2) is 24.3 Å². The molecule has 2 unspecified atom stereocenters. The van der Waals surface area contributed by atoms with Crippen molar-refractivity contribution >= 4 is 17.9 Å². The summed E-state index contributed by atoms with van der Waals surface area (Å²) in [6.45, 7) is 4.84. The van der Waals surface area contributed by atoms with E-state index < -0.39 is 24.3 Å². The van der Waals surface area contributed by atoms with Crippen molar-refractivity contribution in [1.29, 1.82) is 0 Å². The zero-order chi connectivity index (χ0) is 52.7. The number of hydrogen-bond acceptors (Lipinski definition) is 7. The molecule has 0 amide bonds. The van der Waals surface area contributed by atoms with E-state index in [0.717, 1.165) is 64.2 Å². The lowest BCUT2D eigenvalue weighted by Gasteiger charge is -2.25. The number of quaternary nitrogens is 1. The van der Waals surface area contributed by atoms with Crippen molar-refractivity contribution in [2.75, 3.05) is 47.5 Å². The van der Waals surface area contributed by atoms with Gasteiger partial charge in [0.15, 0.2) is 6.10 Å². The SMILES string of the molecule is CCC/C=C\CCCCCCCC(=O)OCC(COC(OCC[N+](C)(C)C)C(=O)O)OC(=O)CCCCCCCCCCCCCCCCCCCCCCCCCCC/C=C\CCCCCCCCCC. The van der Waals surface area contributed by atoms with Crippen LogP contribution in [0.3, 0.4) is 0 Å². The van der Waals surface area contributed by atoms with Gasteiger partial charge in [0, 0.05) is 12.8 Å². The number of carboxylic acids is 1. The molecule has 0 rings (SSSR count). The Morgan fingerprint density at radius 2 is 0.736 bits per heavy atom. The maximum absolute atomic E-state index is 12.8. The van der Waals surface area contributed by atoms with Crippen LogP contribution in [-0.4, -0.2) is 87.4 Å². The van der Waals surface area contributed by atoms with Crippen LogP contribution >= 0.6 is 0 Å². The molecule has 1 N–H and O–H groups in total. The Balaban J connectivity index is 3.89. The van der Waals surface area contributed by atoms with Crippen molar-refractivity contribution < 1.29 is 42.9 Å². The molecule has 0 aliphatic rings. The van der Waals surface area contributed by atoms with Gasteiger partial charge in [0.25, 0.3) is 6.29 Å². The second kappa shape index (κ2) is 55.0. The molecule has 0 radical (unpaired) electrons. The fraction of sp³-hybridized carbons (Fsp3) is 0.889. The Morgan fingerprint density at radius 1 is 0.403 bits per heavy atom. The standard InChI is InChI=1S/C63H119NO8/c1-6-8-10-12-14-16-18-19-20-21-22-23-24-25-26-27-28-29-30-31-32-33-34-35-36-37-38-39-40-41-42-43-44-46-48-50-52-54-61(66)72-59(58-71-63(62(67)68)69-56-55-64(3,4)5)57-70-60(65)53-51-49-47-45-17-15-13-11-9-7-2/h11,13,21-22,59,63H,6-10,12,14-20,23-58H2,1-5H3/p+1/b13-11-,22-21-. The van der Waals surface area contributed by atoms with Gasteiger partial charge in [-0.05, 0) is 57.8 Å². The van der Waals surface area contributed by atoms with Crippen LogP contribution in [0.25, 0.3) is 0 Å². The van der Waals surface area contributed by atoms with Gasteiger partial charge in [0.05, 0.1) is 34.4 Å². The van der Waals surface area contributed by atoms with E-state index >= 15 is 0 Å². The highest BCUT2D eigenvalue weighted by Crippen LogP contribution is 2.18. The van der Waals surface area contributed by atoms with Gasteiger partial charge in [-0.1, -0.05) is 256 Å². The molecular formula is C63H120NO8+. The maximum atomic E-state index is 12.8. The number of allylic oxidation sites excluding steroid dienone is 4. The maximum Gasteiger partial charge on any atom is 0.361 e. The van der Waals surface area contributed by atoms with Gasteiger partial charge >= 0.3 is 17.9 Å². The molecule has 0 saturated heterocycles. The highest BCUT2D eigenvalue weighted by molar-refractivity contribution is 5.71. The quantitative estimate of drug-likeness (QED) is 0.0211. The van der Waals surface area contributed by atoms with Crippen LogP contribution in [0.1, 0.15) is 303 Å². The Morgan fingerprint density at radius 3 is 1.08 bits per heavy atom. The van der Waals surface area contributed by atoms with E-state index in [1.54, 1.807) is 0 Å². The molecular weight excluding hydrogens is 899 g/mol. The lowest BCUT2D eigenvalue weighted by Crippen LogP contribution is -2.40. The monoisotopic (exact) mass is 1020 g/mol. The molecule has 0 saturated carbocycles. The summed E-state index contributed by atoms with van der Waals surface area (Å²) in [6, 6.07) is 0. The van der Waals surface area contributed by atoms with Crippen molar-refractivity contribution in [3.05, 3.63) is 24.3 Å². The topological polar surface area (TPSA) is 108 Å². The molecule has 0 aliphatic carbocycles. The van der Waals surface area contributed by atoms with Gasteiger partial charge in [-0.3, -0.25) is 9.59 Å². The zero-order valence-electron chi connectivity index (χ0n) is 48.4. The molecule has 0 spiro atoms. The van der Waals surface area contributed by atoms with Crippen LogP contribution in [-0.2, 0) is 33.3 Å². The molecule has 0 aromatic rings. The summed E-state index contributed by atoms with van der Waals surface area (Å²) in [4.78, 5) is 37.2. The Bertz CT molecular complexity index is 1230. The largest absolute Gasteiger partial charge is 0.477 e. The average Bonchev–Trinajstić information content (AvgIpc) is 3.35. The predicted octanol–water partition coefficient (Wildman–Crippen LogP) is 18.3. The zero-order valence-corrected chi connectivity index (χ0v) is 48.4. The second-order valence-corrected chi connectivity index (χ2v) is 22.4. The third-order valence-electron chi connectivity index (χ3n) is 13.9. The molecule has 0 aromatic heterocycles. The smallest absolute Gasteiger partial charge is 0.361 e. The highest BCUT2D eigenvalue weighted by Gasteiger charge is 2.25. The molecule has 72 heavy (non-hydrogen) atoms. The van der Waals surface area contributed by atoms with Crippen molar-refractivity contribution in [1.82, 2.24) is 0 Å². The molecule has 424 valence electrons. The summed E-state index contributed by atoms with van der Waals surface area (Å²) in [6.07, 6.45) is 63.2. The van der Waals surface area contributed by atoms with Gasteiger partial charge in [-0.2, -0.15) is 0 Å². The molecule has 2 atom stereocenters. The number of rotatable bonds is 58. The minimum atomic E-state index is -1.51. The average molecular weight is 1020 g/mol. The normalized spacial score (nSPS) is 12.8. The summed E-state index contributed by atoms with van der Waals surface area (Å²) in [5.41, 5.74) is 0. The number of hydrogen-bond donors (Lipinski definition) is 1. The fourth-order valence-electron chi connectivity index (χ4n) is 9.13. The van der Waals surface area contributed by atoms with Crippen molar-refractivity contribution in [3.63, 3.8) is 0 Å². The number of esters is 2. The number of likely N-dealkylation sites (N-methyl/N-ethyl adjacent to an activating group) is 1.